The van der Waals surface area contributed by atoms with Crippen LogP contribution in [-0.4, -0.2) is 22.2 Å². The van der Waals surface area contributed by atoms with Gasteiger partial charge in [-0.05, 0) is 43.2 Å². The Bertz CT molecular complexity index is 792. The Morgan fingerprint density at radius 2 is 1.71 bits per heavy atom. The first-order valence-electron chi connectivity index (χ1n) is 7.85. The third-order valence-corrected chi connectivity index (χ3v) is 4.53. The highest BCUT2D eigenvalue weighted by atomic mass is 79.9. The van der Waals surface area contributed by atoms with Gasteiger partial charge in [-0.25, -0.2) is 0 Å². The molecule has 0 saturated heterocycles. The number of amides is 1. The molecule has 0 bridgehead atoms. The van der Waals surface area contributed by atoms with E-state index in [-0.39, 0.29) is 5.91 Å². The van der Waals surface area contributed by atoms with Crippen molar-refractivity contribution in [3.05, 3.63) is 76.3 Å². The van der Waals surface area contributed by atoms with Crippen molar-refractivity contribution in [3.8, 4) is 0 Å². The van der Waals surface area contributed by atoms with Gasteiger partial charge in [0.05, 0.1) is 0 Å². The largest absolute Gasteiger partial charge is 0.309 e. The number of carbonyl (C=O) groups excluding carboxylic acids is 1. The van der Waals surface area contributed by atoms with Crippen LogP contribution in [0.15, 0.2) is 70.1 Å². The molecule has 0 spiro atoms. The van der Waals surface area contributed by atoms with E-state index in [4.69, 9.17) is 0 Å². The van der Waals surface area contributed by atoms with Crippen LogP contribution >= 0.6 is 15.9 Å². The van der Waals surface area contributed by atoms with Crippen molar-refractivity contribution < 1.29 is 4.79 Å². The molecule has 3 rings (SSSR count). The van der Waals surface area contributed by atoms with E-state index < -0.39 is 5.66 Å². The molecule has 1 amide bonds. The molecule has 2 aromatic rings. The lowest BCUT2D eigenvalue weighted by molar-refractivity contribution is -0.127. The van der Waals surface area contributed by atoms with Gasteiger partial charge in [-0.15, -0.1) is 0 Å². The highest BCUT2D eigenvalue weighted by Gasteiger charge is 2.38. The smallest absolute Gasteiger partial charge is 0.274 e. The van der Waals surface area contributed by atoms with Crippen molar-refractivity contribution in [1.29, 1.82) is 0 Å². The Morgan fingerprint density at radius 1 is 1.04 bits per heavy atom. The summed E-state index contributed by atoms with van der Waals surface area (Å²) in [6.07, 6.45) is 3.73. The standard InChI is InChI=1S/C20H19BrN2O/c1-20(2)22-18(13-10-15-8-11-17(21)12-9-15)19(24)23(20)14-16-6-4-3-5-7-16/h3-13H,14H2,1-2H3/b13-10+. The van der Waals surface area contributed by atoms with Crippen LogP contribution < -0.4 is 0 Å². The normalized spacial score (nSPS) is 16.7. The maximum atomic E-state index is 12.7. The van der Waals surface area contributed by atoms with E-state index in [1.165, 1.54) is 0 Å². The van der Waals surface area contributed by atoms with Crippen molar-refractivity contribution in [1.82, 2.24) is 4.90 Å². The molecule has 1 aliphatic rings. The topological polar surface area (TPSA) is 32.7 Å². The zero-order valence-electron chi connectivity index (χ0n) is 13.7. The van der Waals surface area contributed by atoms with Crippen molar-refractivity contribution in [2.75, 3.05) is 0 Å². The van der Waals surface area contributed by atoms with E-state index in [0.717, 1.165) is 15.6 Å². The number of carbonyl (C=O) groups is 1. The number of rotatable bonds is 4. The maximum absolute atomic E-state index is 12.7. The molecule has 0 N–H and O–H groups in total. The summed E-state index contributed by atoms with van der Waals surface area (Å²) in [5.74, 6) is -0.0304. The van der Waals surface area contributed by atoms with E-state index in [2.05, 4.69) is 20.9 Å². The van der Waals surface area contributed by atoms with Crippen molar-refractivity contribution >= 4 is 33.6 Å². The summed E-state index contributed by atoms with van der Waals surface area (Å²) in [6.45, 7) is 4.49. The summed E-state index contributed by atoms with van der Waals surface area (Å²) in [5, 5.41) is 0. The zero-order valence-corrected chi connectivity index (χ0v) is 15.3. The van der Waals surface area contributed by atoms with Gasteiger partial charge in [0.25, 0.3) is 5.91 Å². The average molecular weight is 383 g/mol. The molecule has 0 atom stereocenters. The summed E-state index contributed by atoms with van der Waals surface area (Å²) in [4.78, 5) is 19.2. The molecule has 4 heteroatoms. The molecule has 1 heterocycles. The number of hydrogen-bond acceptors (Lipinski definition) is 2. The summed E-state index contributed by atoms with van der Waals surface area (Å²) in [7, 11) is 0. The van der Waals surface area contributed by atoms with E-state index in [1.54, 1.807) is 6.08 Å². The van der Waals surface area contributed by atoms with Gasteiger partial charge in [0, 0.05) is 11.0 Å². The molecule has 0 radical (unpaired) electrons. The van der Waals surface area contributed by atoms with Gasteiger partial charge < -0.3 is 4.90 Å². The van der Waals surface area contributed by atoms with Crippen LogP contribution in [0, 0.1) is 0 Å². The number of benzene rings is 2. The predicted molar refractivity (Wildman–Crippen MR) is 102 cm³/mol. The van der Waals surface area contributed by atoms with Gasteiger partial charge >= 0.3 is 0 Å². The molecule has 24 heavy (non-hydrogen) atoms. The second kappa shape index (κ2) is 6.73. The molecule has 0 saturated carbocycles. The fraction of sp³-hybridized carbons (Fsp3) is 0.200. The van der Waals surface area contributed by atoms with Crippen molar-refractivity contribution in [2.45, 2.75) is 26.1 Å². The van der Waals surface area contributed by atoms with Gasteiger partial charge in [-0.3, -0.25) is 9.79 Å². The lowest BCUT2D eigenvalue weighted by atomic mass is 10.1. The Kier molecular flexibility index (Phi) is 4.67. The second-order valence-electron chi connectivity index (χ2n) is 6.25. The minimum Gasteiger partial charge on any atom is -0.309 e. The van der Waals surface area contributed by atoms with Crippen LogP contribution in [0.25, 0.3) is 6.08 Å². The van der Waals surface area contributed by atoms with Gasteiger partial charge in [-0.2, -0.15) is 0 Å². The monoisotopic (exact) mass is 382 g/mol. The molecule has 0 fully saturated rings. The molecule has 3 nitrogen and oxygen atoms in total. The Balaban J connectivity index is 1.78. The maximum Gasteiger partial charge on any atom is 0.274 e. The number of nitrogens with zero attached hydrogens (tertiary/aromatic N) is 2. The molecule has 122 valence electrons. The average Bonchev–Trinajstić information content (AvgIpc) is 2.78. The van der Waals surface area contributed by atoms with Crippen molar-refractivity contribution in [2.24, 2.45) is 4.99 Å². The fourth-order valence-corrected chi connectivity index (χ4v) is 2.94. The highest BCUT2D eigenvalue weighted by molar-refractivity contribution is 9.10. The quantitative estimate of drug-likeness (QED) is 0.755. The lowest BCUT2D eigenvalue weighted by Gasteiger charge is -2.29. The first kappa shape index (κ1) is 16.7. The SMILES string of the molecule is CC1(C)N=C(/C=C/c2ccc(Br)cc2)C(=O)N1Cc1ccccc1. The number of hydrogen-bond donors (Lipinski definition) is 0. The van der Waals surface area contributed by atoms with Crippen LogP contribution in [0.3, 0.4) is 0 Å². The highest BCUT2D eigenvalue weighted by Crippen LogP contribution is 2.26. The molecule has 1 aliphatic heterocycles. The van der Waals surface area contributed by atoms with E-state index in [1.807, 2.05) is 79.4 Å². The van der Waals surface area contributed by atoms with E-state index >= 15 is 0 Å². The molecular weight excluding hydrogens is 364 g/mol. The van der Waals surface area contributed by atoms with Gasteiger partial charge in [0.15, 0.2) is 0 Å². The first-order valence-corrected chi connectivity index (χ1v) is 8.64. The van der Waals surface area contributed by atoms with Gasteiger partial charge in [-0.1, -0.05) is 64.5 Å². The summed E-state index contributed by atoms with van der Waals surface area (Å²) in [5.41, 5.74) is 2.10. The zero-order chi connectivity index (χ0) is 17.2. The molecular formula is C20H19BrN2O. The Morgan fingerprint density at radius 3 is 2.38 bits per heavy atom. The van der Waals surface area contributed by atoms with Crippen LogP contribution in [0.1, 0.15) is 25.0 Å². The van der Waals surface area contributed by atoms with Gasteiger partial charge in [0.2, 0.25) is 0 Å². The van der Waals surface area contributed by atoms with Crippen LogP contribution in [0.4, 0.5) is 0 Å². The van der Waals surface area contributed by atoms with E-state index in [9.17, 15) is 4.79 Å². The van der Waals surface area contributed by atoms with Crippen LogP contribution in [0.2, 0.25) is 0 Å². The second-order valence-corrected chi connectivity index (χ2v) is 7.17. The minimum atomic E-state index is -0.535. The summed E-state index contributed by atoms with van der Waals surface area (Å²) in [6, 6.07) is 17.9. The third kappa shape index (κ3) is 3.65. The molecule has 0 aromatic heterocycles. The van der Waals surface area contributed by atoms with E-state index in [0.29, 0.717) is 12.3 Å². The molecule has 2 aromatic carbocycles. The third-order valence-electron chi connectivity index (χ3n) is 4.01. The summed E-state index contributed by atoms with van der Waals surface area (Å²) >= 11 is 3.42. The first-order chi connectivity index (χ1) is 11.5. The van der Waals surface area contributed by atoms with Crippen LogP contribution in [0.5, 0.6) is 0 Å². The van der Waals surface area contributed by atoms with Gasteiger partial charge in [0.1, 0.15) is 11.4 Å². The number of halogens is 1. The molecule has 0 unspecified atom stereocenters. The fourth-order valence-electron chi connectivity index (χ4n) is 2.68. The molecule has 0 aliphatic carbocycles. The number of aliphatic imine (C=N–C) groups is 1. The Hall–Kier alpha value is -2.20. The minimum absolute atomic E-state index is 0.0304. The lowest BCUT2D eigenvalue weighted by Crippen LogP contribution is -2.41. The summed E-state index contributed by atoms with van der Waals surface area (Å²) < 4.78 is 1.03. The Labute approximate surface area is 150 Å². The van der Waals surface area contributed by atoms with Crippen molar-refractivity contribution in [3.63, 3.8) is 0 Å². The predicted octanol–water partition coefficient (Wildman–Crippen LogP) is 4.68. The van der Waals surface area contributed by atoms with Crippen LogP contribution in [-0.2, 0) is 11.3 Å².